The summed E-state index contributed by atoms with van der Waals surface area (Å²) in [6.07, 6.45) is 0.250. The molecule has 1 aromatic carbocycles. The number of hydrogen-bond acceptors (Lipinski definition) is 4. The van der Waals surface area contributed by atoms with E-state index < -0.39 is 8.32 Å². The Labute approximate surface area is 132 Å². The van der Waals surface area contributed by atoms with Crippen molar-refractivity contribution in [3.63, 3.8) is 0 Å². The third-order valence-corrected chi connectivity index (χ3v) is 8.30. The first kappa shape index (κ1) is 19.9. The van der Waals surface area contributed by atoms with Gasteiger partial charge in [-0.05, 0) is 30.3 Å². The predicted octanol–water partition coefficient (Wildman–Crippen LogP) is 4.16. The van der Waals surface area contributed by atoms with E-state index in [0.717, 1.165) is 5.75 Å². The largest absolute Gasteiger partial charge is 0.490 e. The number of ether oxygens (including phenoxy) is 1. The van der Waals surface area contributed by atoms with Gasteiger partial charge in [-0.25, -0.2) is 0 Å². The molecule has 1 aromatic rings. The molecule has 0 bridgehead atoms. The number of halogens is 1. The average molecular weight is 331 g/mol. The minimum absolute atomic E-state index is 0.234. The normalized spacial score (nSPS) is 11.1. The second-order valence-corrected chi connectivity index (χ2v) is 11.2. The molecule has 118 valence electrons. The SMILES string of the molecule is CC(C)(C)[Si](C)(C)OCCOc1ccccc1Cl.O=C=O. The molecule has 0 saturated carbocycles. The van der Waals surface area contributed by atoms with Crippen molar-refractivity contribution >= 4 is 26.1 Å². The summed E-state index contributed by atoms with van der Waals surface area (Å²) in [7, 11) is -1.67. The first-order chi connectivity index (χ1) is 9.65. The zero-order valence-corrected chi connectivity index (χ0v) is 15.0. The molecule has 0 heterocycles. The zero-order chi connectivity index (χ0) is 16.5. The van der Waals surface area contributed by atoms with Crippen LogP contribution in [0.5, 0.6) is 5.75 Å². The number of para-hydroxylation sites is 1. The number of rotatable bonds is 5. The number of benzene rings is 1. The molecule has 0 amide bonds. The van der Waals surface area contributed by atoms with Gasteiger partial charge >= 0.3 is 6.15 Å². The van der Waals surface area contributed by atoms with Gasteiger partial charge in [0.1, 0.15) is 12.4 Å². The maximum Gasteiger partial charge on any atom is 0.373 e. The molecule has 0 aliphatic rings. The molecule has 1 rings (SSSR count). The van der Waals surface area contributed by atoms with Gasteiger partial charge in [0.05, 0.1) is 11.6 Å². The van der Waals surface area contributed by atoms with Gasteiger partial charge in [-0.1, -0.05) is 44.5 Å². The Morgan fingerprint density at radius 1 is 1.14 bits per heavy atom. The molecule has 0 aliphatic carbocycles. The second kappa shape index (κ2) is 9.00. The maximum atomic E-state index is 8.12. The van der Waals surface area contributed by atoms with Crippen molar-refractivity contribution in [3.8, 4) is 5.75 Å². The molecule has 6 heteroatoms. The Kier molecular flexibility index (Phi) is 8.52. The number of hydrogen-bond donors (Lipinski definition) is 0. The molecule has 21 heavy (non-hydrogen) atoms. The molecule has 4 nitrogen and oxygen atoms in total. The standard InChI is InChI=1S/C14H23ClO2Si.CO2/c1-14(2,3)18(4,5)17-11-10-16-13-9-7-6-8-12(13)15;2-1-3/h6-9H,10-11H2,1-5H3;. The third kappa shape index (κ3) is 7.44. The fourth-order valence-electron chi connectivity index (χ4n) is 1.23. The fourth-order valence-corrected chi connectivity index (χ4v) is 2.44. The van der Waals surface area contributed by atoms with Crippen LogP contribution in [-0.4, -0.2) is 27.7 Å². The summed E-state index contributed by atoms with van der Waals surface area (Å²) in [6, 6.07) is 7.50. The summed E-state index contributed by atoms with van der Waals surface area (Å²) in [5.74, 6) is 0.720. The molecule has 0 unspecified atom stereocenters. The van der Waals surface area contributed by atoms with Gasteiger partial charge in [0.15, 0.2) is 8.32 Å². The van der Waals surface area contributed by atoms with Crippen LogP contribution in [0, 0.1) is 0 Å². The Morgan fingerprint density at radius 2 is 1.67 bits per heavy atom. The van der Waals surface area contributed by atoms with E-state index in [2.05, 4.69) is 33.9 Å². The fraction of sp³-hybridized carbons (Fsp3) is 0.533. The first-order valence-corrected chi connectivity index (χ1v) is 9.95. The van der Waals surface area contributed by atoms with Crippen LogP contribution in [0.2, 0.25) is 23.2 Å². The molecule has 0 radical (unpaired) electrons. The summed E-state index contributed by atoms with van der Waals surface area (Å²) in [6.45, 7) is 12.3. The van der Waals surface area contributed by atoms with Crippen LogP contribution in [0.4, 0.5) is 0 Å². The molecule has 0 aliphatic heterocycles. The Hall–Kier alpha value is -1.13. The Morgan fingerprint density at radius 3 is 2.14 bits per heavy atom. The highest BCUT2D eigenvalue weighted by molar-refractivity contribution is 6.74. The highest BCUT2D eigenvalue weighted by Crippen LogP contribution is 2.36. The molecular weight excluding hydrogens is 308 g/mol. The van der Waals surface area contributed by atoms with Crippen molar-refractivity contribution in [2.75, 3.05) is 13.2 Å². The highest BCUT2D eigenvalue weighted by Gasteiger charge is 2.36. The van der Waals surface area contributed by atoms with Gasteiger partial charge in [-0.15, -0.1) is 0 Å². The first-order valence-electron chi connectivity index (χ1n) is 6.66. The van der Waals surface area contributed by atoms with Crippen LogP contribution in [-0.2, 0) is 14.0 Å². The van der Waals surface area contributed by atoms with Crippen molar-refractivity contribution in [2.24, 2.45) is 0 Å². The van der Waals surface area contributed by atoms with E-state index in [0.29, 0.717) is 18.2 Å². The lowest BCUT2D eigenvalue weighted by molar-refractivity contribution is -0.191. The molecule has 0 fully saturated rings. The van der Waals surface area contributed by atoms with Crippen LogP contribution >= 0.6 is 11.6 Å². The molecule has 0 atom stereocenters. The van der Waals surface area contributed by atoms with Crippen LogP contribution < -0.4 is 4.74 Å². The molecule has 0 saturated heterocycles. The third-order valence-electron chi connectivity index (χ3n) is 3.45. The van der Waals surface area contributed by atoms with Gasteiger partial charge < -0.3 is 9.16 Å². The summed E-state index contributed by atoms with van der Waals surface area (Å²) in [4.78, 5) is 16.2. The Bertz CT molecular complexity index is 463. The smallest absolute Gasteiger partial charge is 0.373 e. The summed E-state index contributed by atoms with van der Waals surface area (Å²) in [5, 5.41) is 0.877. The topological polar surface area (TPSA) is 52.6 Å². The molecular formula is C15H23ClO4Si. The van der Waals surface area contributed by atoms with Gasteiger partial charge in [0.2, 0.25) is 0 Å². The predicted molar refractivity (Wildman–Crippen MR) is 85.1 cm³/mol. The van der Waals surface area contributed by atoms with E-state index in [4.69, 9.17) is 30.4 Å². The van der Waals surface area contributed by atoms with Crippen molar-refractivity contribution in [3.05, 3.63) is 29.3 Å². The average Bonchev–Trinajstić information content (AvgIpc) is 2.36. The van der Waals surface area contributed by atoms with E-state index in [1.54, 1.807) is 0 Å². The summed E-state index contributed by atoms with van der Waals surface area (Å²) in [5.41, 5.74) is 0. The minimum atomic E-state index is -1.67. The minimum Gasteiger partial charge on any atom is -0.490 e. The Balaban J connectivity index is 0.00000122. The second-order valence-electron chi connectivity index (χ2n) is 5.97. The van der Waals surface area contributed by atoms with Gasteiger partial charge in [0.25, 0.3) is 0 Å². The van der Waals surface area contributed by atoms with Crippen LogP contribution in [0.1, 0.15) is 20.8 Å². The van der Waals surface area contributed by atoms with E-state index in [-0.39, 0.29) is 11.2 Å². The van der Waals surface area contributed by atoms with E-state index in [9.17, 15) is 0 Å². The van der Waals surface area contributed by atoms with E-state index >= 15 is 0 Å². The maximum absolute atomic E-state index is 8.12. The monoisotopic (exact) mass is 330 g/mol. The van der Waals surface area contributed by atoms with Crippen molar-refractivity contribution in [2.45, 2.75) is 38.9 Å². The van der Waals surface area contributed by atoms with Gasteiger partial charge in [-0.3, -0.25) is 0 Å². The zero-order valence-electron chi connectivity index (χ0n) is 13.2. The van der Waals surface area contributed by atoms with Gasteiger partial charge in [0, 0.05) is 0 Å². The van der Waals surface area contributed by atoms with Crippen molar-refractivity contribution in [1.29, 1.82) is 0 Å². The van der Waals surface area contributed by atoms with E-state index in [1.165, 1.54) is 0 Å². The van der Waals surface area contributed by atoms with Crippen LogP contribution in [0.3, 0.4) is 0 Å². The lowest BCUT2D eigenvalue weighted by Gasteiger charge is -2.36. The van der Waals surface area contributed by atoms with E-state index in [1.807, 2.05) is 24.3 Å². The molecule has 0 N–H and O–H groups in total. The van der Waals surface area contributed by atoms with Gasteiger partial charge in [-0.2, -0.15) is 9.59 Å². The quantitative estimate of drug-likeness (QED) is 0.601. The summed E-state index contributed by atoms with van der Waals surface area (Å²) >= 11 is 6.01. The lowest BCUT2D eigenvalue weighted by atomic mass is 10.2. The van der Waals surface area contributed by atoms with Crippen LogP contribution in [0.15, 0.2) is 24.3 Å². The molecule has 0 aromatic heterocycles. The highest BCUT2D eigenvalue weighted by atomic mass is 35.5. The number of carbonyl (C=O) groups excluding carboxylic acids is 2. The molecule has 0 spiro atoms. The van der Waals surface area contributed by atoms with Crippen LogP contribution in [0.25, 0.3) is 0 Å². The summed E-state index contributed by atoms with van der Waals surface area (Å²) < 4.78 is 11.6. The lowest BCUT2D eigenvalue weighted by Crippen LogP contribution is -2.41. The van der Waals surface area contributed by atoms with Crippen molar-refractivity contribution < 1.29 is 18.8 Å². The van der Waals surface area contributed by atoms with Crippen molar-refractivity contribution in [1.82, 2.24) is 0 Å².